The second-order valence-electron chi connectivity index (χ2n) is 3.42. The molecule has 78 valence electrons. The maximum Gasteiger partial charge on any atom is 0.107 e. The van der Waals surface area contributed by atoms with Crippen molar-refractivity contribution in [1.29, 1.82) is 0 Å². The highest BCUT2D eigenvalue weighted by Crippen LogP contribution is 2.15. The molecule has 13 heavy (non-hydrogen) atoms. The Morgan fingerprint density at radius 1 is 1.38 bits per heavy atom. The van der Waals surface area contributed by atoms with E-state index in [0.717, 1.165) is 6.42 Å². The predicted molar refractivity (Wildman–Crippen MR) is 62.3 cm³/mol. The van der Waals surface area contributed by atoms with Gasteiger partial charge in [0, 0.05) is 5.25 Å². The van der Waals surface area contributed by atoms with Gasteiger partial charge < -0.3 is 4.74 Å². The SMILES string of the molecule is C=COC(C)C(S)CCCCCC. The molecule has 0 amide bonds. The maximum atomic E-state index is 5.25. The minimum Gasteiger partial charge on any atom is -0.498 e. The lowest BCUT2D eigenvalue weighted by atomic mass is 10.1. The first-order valence-electron chi connectivity index (χ1n) is 5.16. The molecular weight excluding hydrogens is 180 g/mol. The van der Waals surface area contributed by atoms with Gasteiger partial charge in [-0.15, -0.1) is 0 Å². The summed E-state index contributed by atoms with van der Waals surface area (Å²) in [5.74, 6) is 0. The van der Waals surface area contributed by atoms with E-state index in [4.69, 9.17) is 4.74 Å². The second kappa shape index (κ2) is 8.49. The van der Waals surface area contributed by atoms with Crippen LogP contribution < -0.4 is 0 Å². The van der Waals surface area contributed by atoms with Gasteiger partial charge in [-0.05, 0) is 13.3 Å². The highest BCUT2D eigenvalue weighted by atomic mass is 32.1. The van der Waals surface area contributed by atoms with Crippen molar-refractivity contribution in [2.75, 3.05) is 0 Å². The van der Waals surface area contributed by atoms with Crippen molar-refractivity contribution in [3.05, 3.63) is 12.8 Å². The second-order valence-corrected chi connectivity index (χ2v) is 4.09. The molecule has 2 atom stereocenters. The monoisotopic (exact) mass is 202 g/mol. The molecule has 0 bridgehead atoms. The van der Waals surface area contributed by atoms with E-state index in [9.17, 15) is 0 Å². The number of rotatable bonds is 8. The lowest BCUT2D eigenvalue weighted by Crippen LogP contribution is -2.18. The summed E-state index contributed by atoms with van der Waals surface area (Å²) in [4.78, 5) is 0. The molecule has 0 rings (SSSR count). The number of unbranched alkanes of at least 4 members (excludes halogenated alkanes) is 3. The Hall–Kier alpha value is -0.110. The zero-order valence-electron chi connectivity index (χ0n) is 8.83. The van der Waals surface area contributed by atoms with Crippen LogP contribution in [0, 0.1) is 0 Å². The van der Waals surface area contributed by atoms with Crippen LogP contribution in [0.25, 0.3) is 0 Å². The van der Waals surface area contributed by atoms with Crippen molar-refractivity contribution in [3.63, 3.8) is 0 Å². The Labute approximate surface area is 88.0 Å². The largest absolute Gasteiger partial charge is 0.498 e. The van der Waals surface area contributed by atoms with Gasteiger partial charge in [0.1, 0.15) is 6.10 Å². The first-order valence-corrected chi connectivity index (χ1v) is 5.68. The van der Waals surface area contributed by atoms with E-state index in [0.29, 0.717) is 5.25 Å². The molecule has 0 aliphatic carbocycles. The minimum atomic E-state index is 0.183. The summed E-state index contributed by atoms with van der Waals surface area (Å²) >= 11 is 4.49. The molecular formula is C11H22OS. The molecule has 0 aromatic carbocycles. The summed E-state index contributed by atoms with van der Waals surface area (Å²) in [6, 6.07) is 0. The molecule has 0 aromatic heterocycles. The fraction of sp³-hybridized carbons (Fsp3) is 0.818. The molecule has 0 N–H and O–H groups in total. The molecule has 0 aromatic rings. The van der Waals surface area contributed by atoms with Gasteiger partial charge >= 0.3 is 0 Å². The van der Waals surface area contributed by atoms with Gasteiger partial charge in [-0.2, -0.15) is 12.6 Å². The molecule has 2 unspecified atom stereocenters. The van der Waals surface area contributed by atoms with Crippen molar-refractivity contribution in [3.8, 4) is 0 Å². The van der Waals surface area contributed by atoms with Gasteiger partial charge in [-0.25, -0.2) is 0 Å². The molecule has 0 saturated carbocycles. The molecule has 0 radical (unpaired) electrons. The van der Waals surface area contributed by atoms with Crippen LogP contribution >= 0.6 is 12.6 Å². The van der Waals surface area contributed by atoms with Gasteiger partial charge in [0.15, 0.2) is 0 Å². The Bertz CT molecular complexity index is 125. The van der Waals surface area contributed by atoms with Crippen LogP contribution in [-0.4, -0.2) is 11.4 Å². The third-order valence-corrected chi connectivity index (χ3v) is 2.88. The van der Waals surface area contributed by atoms with Gasteiger partial charge in [0.25, 0.3) is 0 Å². The van der Waals surface area contributed by atoms with E-state index in [1.165, 1.54) is 31.9 Å². The number of thiol groups is 1. The van der Waals surface area contributed by atoms with Gasteiger partial charge in [-0.3, -0.25) is 0 Å². The average Bonchev–Trinajstić information content (AvgIpc) is 2.12. The van der Waals surface area contributed by atoms with Gasteiger partial charge in [-0.1, -0.05) is 39.2 Å². The van der Waals surface area contributed by atoms with E-state index < -0.39 is 0 Å². The zero-order valence-corrected chi connectivity index (χ0v) is 9.72. The summed E-state index contributed by atoms with van der Waals surface area (Å²) < 4.78 is 5.25. The van der Waals surface area contributed by atoms with E-state index >= 15 is 0 Å². The minimum absolute atomic E-state index is 0.183. The third-order valence-electron chi connectivity index (χ3n) is 2.21. The Morgan fingerprint density at radius 2 is 2.08 bits per heavy atom. The quantitative estimate of drug-likeness (QED) is 0.358. The van der Waals surface area contributed by atoms with Crippen LogP contribution in [0.3, 0.4) is 0 Å². The number of hydrogen-bond donors (Lipinski definition) is 1. The summed E-state index contributed by atoms with van der Waals surface area (Å²) in [5.41, 5.74) is 0. The standard InChI is InChI=1S/C11H22OS/c1-4-6-7-8-9-11(13)10(3)12-5-2/h5,10-11,13H,2,4,6-9H2,1,3H3. The predicted octanol–water partition coefficient (Wildman–Crippen LogP) is 3.80. The summed E-state index contributed by atoms with van der Waals surface area (Å²) in [7, 11) is 0. The fourth-order valence-electron chi connectivity index (χ4n) is 1.26. The van der Waals surface area contributed by atoms with E-state index in [1.807, 2.05) is 6.92 Å². The van der Waals surface area contributed by atoms with Gasteiger partial charge in [0.2, 0.25) is 0 Å². The van der Waals surface area contributed by atoms with Crippen LogP contribution in [0.1, 0.15) is 46.0 Å². The van der Waals surface area contributed by atoms with Gasteiger partial charge in [0.05, 0.1) is 6.26 Å². The van der Waals surface area contributed by atoms with Crippen molar-refractivity contribution in [1.82, 2.24) is 0 Å². The maximum absolute atomic E-state index is 5.25. The van der Waals surface area contributed by atoms with E-state index in [1.54, 1.807) is 0 Å². The first kappa shape index (κ1) is 12.9. The molecule has 0 fully saturated rings. The highest BCUT2D eigenvalue weighted by molar-refractivity contribution is 7.81. The topological polar surface area (TPSA) is 9.23 Å². The molecule has 0 spiro atoms. The Morgan fingerprint density at radius 3 is 2.62 bits per heavy atom. The fourth-order valence-corrected chi connectivity index (χ4v) is 1.51. The molecule has 0 saturated heterocycles. The molecule has 2 heteroatoms. The van der Waals surface area contributed by atoms with Crippen molar-refractivity contribution in [2.24, 2.45) is 0 Å². The molecule has 1 nitrogen and oxygen atoms in total. The third kappa shape index (κ3) is 7.00. The summed E-state index contributed by atoms with van der Waals surface area (Å²) in [6.45, 7) is 7.80. The Kier molecular flexibility index (Phi) is 8.41. The normalized spacial score (nSPS) is 15.0. The zero-order chi connectivity index (χ0) is 10.1. The molecule has 0 aliphatic heterocycles. The summed E-state index contributed by atoms with van der Waals surface area (Å²) in [6.07, 6.45) is 8.01. The average molecular weight is 202 g/mol. The van der Waals surface area contributed by atoms with Crippen LogP contribution in [-0.2, 0) is 4.74 Å². The van der Waals surface area contributed by atoms with Crippen molar-refractivity contribution in [2.45, 2.75) is 57.3 Å². The van der Waals surface area contributed by atoms with Crippen molar-refractivity contribution < 1.29 is 4.74 Å². The lowest BCUT2D eigenvalue weighted by molar-refractivity contribution is 0.156. The van der Waals surface area contributed by atoms with Crippen LogP contribution in [0.2, 0.25) is 0 Å². The highest BCUT2D eigenvalue weighted by Gasteiger charge is 2.11. The smallest absolute Gasteiger partial charge is 0.107 e. The Balaban J connectivity index is 3.37. The molecule has 0 aliphatic rings. The summed E-state index contributed by atoms with van der Waals surface area (Å²) in [5, 5.41) is 0.342. The molecule has 0 heterocycles. The van der Waals surface area contributed by atoms with Crippen LogP contribution in [0.5, 0.6) is 0 Å². The first-order chi connectivity index (χ1) is 6.22. The number of ether oxygens (including phenoxy) is 1. The van der Waals surface area contributed by atoms with Crippen molar-refractivity contribution >= 4 is 12.6 Å². The lowest BCUT2D eigenvalue weighted by Gasteiger charge is -2.18. The van der Waals surface area contributed by atoms with Crippen LogP contribution in [0.4, 0.5) is 0 Å². The van der Waals surface area contributed by atoms with E-state index in [-0.39, 0.29) is 6.10 Å². The number of hydrogen-bond acceptors (Lipinski definition) is 2. The van der Waals surface area contributed by atoms with Crippen LogP contribution in [0.15, 0.2) is 12.8 Å². The van der Waals surface area contributed by atoms with E-state index in [2.05, 4.69) is 26.1 Å².